The van der Waals surface area contributed by atoms with Gasteiger partial charge in [-0.3, -0.25) is 0 Å². The summed E-state index contributed by atoms with van der Waals surface area (Å²) in [5, 5.41) is 1.06. The first kappa shape index (κ1) is 39.6. The summed E-state index contributed by atoms with van der Waals surface area (Å²) in [5.74, 6) is 0.860. The van der Waals surface area contributed by atoms with Gasteiger partial charge in [0.25, 0.3) is 0 Å². The van der Waals surface area contributed by atoms with Crippen LogP contribution >= 0.6 is 0 Å². The molecular weight excluding hydrogens is 739 g/mol. The van der Waals surface area contributed by atoms with Gasteiger partial charge in [-0.05, 0) is 107 Å². The summed E-state index contributed by atoms with van der Waals surface area (Å²) in [4.78, 5) is 2.56. The number of allylic oxidation sites excluding steroid dienone is 1. The average molecular weight is 792 g/mol. The minimum atomic E-state index is -0.516. The van der Waals surface area contributed by atoms with Crippen LogP contribution in [-0.4, -0.2) is 6.54 Å². The Balaban J connectivity index is 1.26. The van der Waals surface area contributed by atoms with E-state index in [9.17, 15) is 0 Å². The molecule has 61 heavy (non-hydrogen) atoms. The van der Waals surface area contributed by atoms with Gasteiger partial charge < -0.3 is 9.32 Å². The zero-order valence-corrected chi connectivity index (χ0v) is 35.5. The molecule has 0 bridgehead atoms. The monoisotopic (exact) mass is 791 g/mol. The molecule has 7 aromatic carbocycles. The molecule has 0 spiro atoms. The molecule has 8 aromatic rings. The minimum Gasteiger partial charge on any atom is -0.461 e. The van der Waals surface area contributed by atoms with Gasteiger partial charge >= 0.3 is 0 Å². The normalized spacial score (nSPS) is 13.4. The molecule has 2 nitrogen and oxygen atoms in total. The lowest BCUT2D eigenvalue weighted by Crippen LogP contribution is -2.48. The molecule has 0 atom stereocenters. The highest BCUT2D eigenvalue weighted by Crippen LogP contribution is 2.54. The van der Waals surface area contributed by atoms with E-state index in [1.165, 1.54) is 44.5 Å². The molecule has 1 aliphatic carbocycles. The van der Waals surface area contributed by atoms with Crippen molar-refractivity contribution in [3.8, 4) is 22.3 Å². The van der Waals surface area contributed by atoms with Crippen LogP contribution in [0.3, 0.4) is 0 Å². The second-order valence-corrected chi connectivity index (χ2v) is 16.8. The van der Waals surface area contributed by atoms with Crippen molar-refractivity contribution in [2.24, 2.45) is 0 Å². The fraction of sp³-hybridized carbons (Fsp3) is 0.153. The Morgan fingerprint density at radius 2 is 1.00 bits per heavy atom. The standard InChI is InChI=1S/C59H53NO/c1-5-6-8-23-47-24-12-15-28-52(47)59(55-31-18-16-29-53(55)58(3,4)54-30-17-19-32-56(54)59)42-60(49-38-34-45(35-39-49)44-21-9-7-10-22-44)50-40-36-46(37-41-50)51-27-14-11-25-48-26-13-20-33-57(48)61-43(51)2/h5,7,9-22,24-41H,1,6,8,23,42H2,2-4H3. The fourth-order valence-corrected chi connectivity index (χ4v) is 9.74. The van der Waals surface area contributed by atoms with Gasteiger partial charge in [-0.15, -0.1) is 6.58 Å². The van der Waals surface area contributed by atoms with Crippen molar-refractivity contribution in [1.29, 1.82) is 0 Å². The van der Waals surface area contributed by atoms with Crippen molar-refractivity contribution in [3.05, 3.63) is 252 Å². The predicted molar refractivity (Wildman–Crippen MR) is 257 cm³/mol. The van der Waals surface area contributed by atoms with E-state index in [1.807, 2.05) is 24.3 Å². The lowest BCUT2D eigenvalue weighted by atomic mass is 9.55. The molecule has 1 heterocycles. The summed E-state index contributed by atoms with van der Waals surface area (Å²) < 4.78 is 6.53. The van der Waals surface area contributed by atoms with Crippen LogP contribution in [0.5, 0.6) is 0 Å². The molecule has 0 amide bonds. The Morgan fingerprint density at radius 3 is 1.62 bits per heavy atom. The van der Waals surface area contributed by atoms with Crippen LogP contribution in [0.1, 0.15) is 65.8 Å². The predicted octanol–water partition coefficient (Wildman–Crippen LogP) is 15.5. The summed E-state index contributed by atoms with van der Waals surface area (Å²) >= 11 is 0. The summed E-state index contributed by atoms with van der Waals surface area (Å²) in [6, 6.07) is 73.2. The second-order valence-electron chi connectivity index (χ2n) is 16.8. The molecule has 9 rings (SSSR count). The lowest BCUT2D eigenvalue weighted by Gasteiger charge is -2.50. The molecule has 0 unspecified atom stereocenters. The maximum Gasteiger partial charge on any atom is 0.134 e. The van der Waals surface area contributed by atoms with Crippen molar-refractivity contribution in [2.45, 2.75) is 50.9 Å². The van der Waals surface area contributed by atoms with Crippen molar-refractivity contribution in [1.82, 2.24) is 0 Å². The summed E-state index contributed by atoms with van der Waals surface area (Å²) in [7, 11) is 0. The number of nitrogens with zero attached hydrogens (tertiary/aromatic N) is 1. The van der Waals surface area contributed by atoms with Crippen LogP contribution < -0.4 is 4.90 Å². The minimum absolute atomic E-state index is 0.189. The maximum atomic E-state index is 6.53. The smallest absolute Gasteiger partial charge is 0.134 e. The Morgan fingerprint density at radius 1 is 0.508 bits per heavy atom. The summed E-state index contributed by atoms with van der Waals surface area (Å²) in [6.45, 7) is 11.6. The molecule has 0 N–H and O–H groups in total. The Bertz CT molecular complexity index is 2810. The fourth-order valence-electron chi connectivity index (χ4n) is 9.74. The number of rotatable bonds is 11. The number of hydrogen-bond acceptors (Lipinski definition) is 2. The van der Waals surface area contributed by atoms with Crippen LogP contribution in [-0.2, 0) is 17.3 Å². The number of fused-ring (bicyclic) bond motifs is 3. The Labute approximate surface area is 361 Å². The van der Waals surface area contributed by atoms with Crippen molar-refractivity contribution < 1.29 is 4.42 Å². The summed E-state index contributed by atoms with van der Waals surface area (Å²) in [5.41, 5.74) is 15.2. The molecular formula is C59H53NO. The van der Waals surface area contributed by atoms with Crippen LogP contribution in [0.25, 0.3) is 33.2 Å². The number of benzene rings is 7. The first-order valence-corrected chi connectivity index (χ1v) is 21.6. The van der Waals surface area contributed by atoms with Gasteiger partial charge in [-0.1, -0.05) is 190 Å². The summed E-state index contributed by atoms with van der Waals surface area (Å²) in [6.07, 6.45) is 5.05. The molecule has 0 saturated heterocycles. The molecule has 0 radical (unpaired) electrons. The molecule has 0 aliphatic heterocycles. The van der Waals surface area contributed by atoms with Gasteiger partial charge in [0.15, 0.2) is 0 Å². The van der Waals surface area contributed by atoms with Gasteiger partial charge in [0.1, 0.15) is 11.3 Å². The van der Waals surface area contributed by atoms with E-state index in [1.54, 1.807) is 0 Å². The molecule has 1 aromatic heterocycles. The van der Waals surface area contributed by atoms with Crippen LogP contribution in [0.4, 0.5) is 11.4 Å². The van der Waals surface area contributed by atoms with Crippen LogP contribution in [0, 0.1) is 6.92 Å². The van der Waals surface area contributed by atoms with E-state index >= 15 is 0 Å². The van der Waals surface area contributed by atoms with Crippen molar-refractivity contribution >= 4 is 22.3 Å². The first-order valence-electron chi connectivity index (χ1n) is 21.6. The number of para-hydroxylation sites is 1. The van der Waals surface area contributed by atoms with E-state index in [2.05, 4.69) is 214 Å². The van der Waals surface area contributed by atoms with Gasteiger partial charge in [0.05, 0.1) is 5.41 Å². The molecule has 1 aliphatic rings. The Hall–Kier alpha value is -6.90. The topological polar surface area (TPSA) is 16.4 Å². The molecule has 0 fully saturated rings. The van der Waals surface area contributed by atoms with Crippen LogP contribution in [0.2, 0.25) is 0 Å². The number of hydrogen-bond donors (Lipinski definition) is 0. The van der Waals surface area contributed by atoms with Gasteiger partial charge in [-0.2, -0.15) is 0 Å². The third-order valence-electron chi connectivity index (χ3n) is 12.8. The molecule has 2 heteroatoms. The molecule has 300 valence electrons. The highest BCUT2D eigenvalue weighted by Gasteiger charge is 2.49. The van der Waals surface area contributed by atoms with Gasteiger partial charge in [0.2, 0.25) is 0 Å². The van der Waals surface area contributed by atoms with E-state index in [4.69, 9.17) is 4.42 Å². The largest absolute Gasteiger partial charge is 0.461 e. The van der Waals surface area contributed by atoms with Crippen LogP contribution in [0.15, 0.2) is 217 Å². The highest BCUT2D eigenvalue weighted by molar-refractivity contribution is 5.78. The highest BCUT2D eigenvalue weighted by atomic mass is 16.3. The van der Waals surface area contributed by atoms with E-state index < -0.39 is 5.41 Å². The number of anilines is 2. The van der Waals surface area contributed by atoms with Gasteiger partial charge in [0, 0.05) is 34.3 Å². The number of unbranched alkanes of at least 4 members (excludes halogenated alkanes) is 1. The Kier molecular flexibility index (Phi) is 11.0. The second kappa shape index (κ2) is 17.0. The van der Waals surface area contributed by atoms with Crippen molar-refractivity contribution in [2.75, 3.05) is 11.4 Å². The quantitative estimate of drug-likeness (QED) is 0.0958. The third-order valence-corrected chi connectivity index (χ3v) is 12.8. The molecule has 0 saturated carbocycles. The first-order chi connectivity index (χ1) is 29.9. The average Bonchev–Trinajstić information content (AvgIpc) is 3.38. The zero-order chi connectivity index (χ0) is 41.8. The maximum absolute atomic E-state index is 6.53. The SMILES string of the molecule is C=CCCCc1ccccc1C1(CN(c2ccc(-c3ccccc3)cc2)c2ccc(-c3ccccc4ccccc4oc3C)cc2)c2ccccc2C(C)(C)c2ccccc21. The van der Waals surface area contributed by atoms with Crippen molar-refractivity contribution in [3.63, 3.8) is 0 Å². The van der Waals surface area contributed by atoms with E-state index in [0.717, 1.165) is 58.5 Å². The third kappa shape index (κ3) is 7.49. The number of aryl methyl sites for hydroxylation is 2. The van der Waals surface area contributed by atoms with E-state index in [0.29, 0.717) is 6.54 Å². The lowest BCUT2D eigenvalue weighted by molar-refractivity contribution is 0.514. The zero-order valence-electron chi connectivity index (χ0n) is 35.5. The van der Waals surface area contributed by atoms with E-state index in [-0.39, 0.29) is 5.41 Å². The van der Waals surface area contributed by atoms with Gasteiger partial charge in [-0.25, -0.2) is 0 Å².